The largest absolute Gasteiger partial charge is 0.352 e. The number of carbonyl (C=O) groups is 2. The van der Waals surface area contributed by atoms with Crippen molar-refractivity contribution in [3.8, 4) is 0 Å². The quantitative estimate of drug-likeness (QED) is 0.502. The summed E-state index contributed by atoms with van der Waals surface area (Å²) >= 11 is 12.3. The van der Waals surface area contributed by atoms with Crippen LogP contribution in [0.4, 0.5) is 0 Å². The molecule has 0 bridgehead atoms. The smallest absolute Gasteiger partial charge is 0.243 e. The number of halogens is 2. The van der Waals surface area contributed by atoms with E-state index in [1.807, 2.05) is 44.2 Å². The van der Waals surface area contributed by atoms with Gasteiger partial charge in [-0.15, -0.1) is 0 Å². The molecule has 172 valence electrons. The van der Waals surface area contributed by atoms with Crippen LogP contribution in [0.25, 0.3) is 0 Å². The molecule has 0 spiro atoms. The maximum absolute atomic E-state index is 13.5. The standard InChI is InChI=1S/C26H32Cl2N2O2/c1-3-24(26(32)29-21-11-5-4-6-12-21)30(17-19-13-14-22(27)23(28)15-19)25(31)16-20-10-8-7-9-18(20)2/h7-10,13-15,21,24H,3-6,11-12,16-17H2,1-2H3,(H,29,32)/t24-/m1/s1. The Labute approximate surface area is 201 Å². The lowest BCUT2D eigenvalue weighted by atomic mass is 9.95. The van der Waals surface area contributed by atoms with E-state index in [1.165, 1.54) is 6.42 Å². The van der Waals surface area contributed by atoms with Gasteiger partial charge in [-0.2, -0.15) is 0 Å². The predicted molar refractivity (Wildman–Crippen MR) is 131 cm³/mol. The molecular weight excluding hydrogens is 443 g/mol. The Morgan fingerprint density at radius 1 is 1.06 bits per heavy atom. The van der Waals surface area contributed by atoms with Crippen molar-refractivity contribution in [3.05, 3.63) is 69.2 Å². The summed E-state index contributed by atoms with van der Waals surface area (Å²) in [4.78, 5) is 28.5. The van der Waals surface area contributed by atoms with Crippen molar-refractivity contribution >= 4 is 35.0 Å². The van der Waals surface area contributed by atoms with Gasteiger partial charge in [-0.3, -0.25) is 9.59 Å². The zero-order valence-corrected chi connectivity index (χ0v) is 20.4. The molecule has 4 nitrogen and oxygen atoms in total. The average molecular weight is 475 g/mol. The number of nitrogens with zero attached hydrogens (tertiary/aromatic N) is 1. The zero-order chi connectivity index (χ0) is 23.1. The van der Waals surface area contributed by atoms with Crippen molar-refractivity contribution in [2.45, 2.75) is 77.4 Å². The minimum Gasteiger partial charge on any atom is -0.352 e. The molecule has 2 amide bonds. The molecule has 0 aliphatic heterocycles. The summed E-state index contributed by atoms with van der Waals surface area (Å²) in [5.41, 5.74) is 2.88. The topological polar surface area (TPSA) is 49.4 Å². The van der Waals surface area contributed by atoms with Crippen LogP contribution in [0.5, 0.6) is 0 Å². The van der Waals surface area contributed by atoms with E-state index in [9.17, 15) is 9.59 Å². The third kappa shape index (κ3) is 6.49. The molecular formula is C26H32Cl2N2O2. The van der Waals surface area contributed by atoms with Gasteiger partial charge in [-0.1, -0.05) is 79.7 Å². The number of hydrogen-bond donors (Lipinski definition) is 1. The lowest BCUT2D eigenvalue weighted by molar-refractivity contribution is -0.141. The van der Waals surface area contributed by atoms with E-state index in [2.05, 4.69) is 5.32 Å². The molecule has 0 aromatic heterocycles. The molecule has 0 heterocycles. The van der Waals surface area contributed by atoms with Crippen molar-refractivity contribution in [1.82, 2.24) is 10.2 Å². The molecule has 3 rings (SSSR count). The van der Waals surface area contributed by atoms with E-state index < -0.39 is 6.04 Å². The number of carbonyl (C=O) groups excluding carboxylic acids is 2. The normalized spacial score (nSPS) is 15.2. The summed E-state index contributed by atoms with van der Waals surface area (Å²) in [5, 5.41) is 4.11. The van der Waals surface area contributed by atoms with Crippen molar-refractivity contribution in [3.63, 3.8) is 0 Å². The van der Waals surface area contributed by atoms with Crippen LogP contribution >= 0.6 is 23.2 Å². The first-order chi connectivity index (χ1) is 15.4. The highest BCUT2D eigenvalue weighted by Crippen LogP contribution is 2.25. The van der Waals surface area contributed by atoms with Crippen LogP contribution in [0.15, 0.2) is 42.5 Å². The van der Waals surface area contributed by atoms with Gasteiger partial charge in [0, 0.05) is 12.6 Å². The van der Waals surface area contributed by atoms with Gasteiger partial charge in [0.25, 0.3) is 0 Å². The Morgan fingerprint density at radius 3 is 2.44 bits per heavy atom. The zero-order valence-electron chi connectivity index (χ0n) is 18.9. The molecule has 1 aliphatic rings. The highest BCUT2D eigenvalue weighted by Gasteiger charge is 2.30. The van der Waals surface area contributed by atoms with E-state index in [0.717, 1.165) is 42.4 Å². The molecule has 6 heteroatoms. The first-order valence-electron chi connectivity index (χ1n) is 11.5. The minimum atomic E-state index is -0.539. The van der Waals surface area contributed by atoms with Gasteiger partial charge >= 0.3 is 0 Å². The van der Waals surface area contributed by atoms with Crippen molar-refractivity contribution in [2.75, 3.05) is 0 Å². The number of hydrogen-bond acceptors (Lipinski definition) is 2. The molecule has 32 heavy (non-hydrogen) atoms. The van der Waals surface area contributed by atoms with Crippen molar-refractivity contribution in [1.29, 1.82) is 0 Å². The highest BCUT2D eigenvalue weighted by atomic mass is 35.5. The van der Waals surface area contributed by atoms with Gasteiger partial charge in [0.05, 0.1) is 16.5 Å². The third-order valence-electron chi connectivity index (χ3n) is 6.28. The van der Waals surface area contributed by atoms with Gasteiger partial charge in [0.1, 0.15) is 6.04 Å². The van der Waals surface area contributed by atoms with Gasteiger partial charge in [0.15, 0.2) is 0 Å². The van der Waals surface area contributed by atoms with E-state index in [-0.39, 0.29) is 24.3 Å². The predicted octanol–water partition coefficient (Wildman–Crippen LogP) is 6.10. The molecule has 0 radical (unpaired) electrons. The molecule has 1 saturated carbocycles. The number of nitrogens with one attached hydrogen (secondary N) is 1. The summed E-state index contributed by atoms with van der Waals surface area (Å²) in [6.45, 7) is 4.26. The fourth-order valence-corrected chi connectivity index (χ4v) is 4.69. The Bertz CT molecular complexity index is 941. The fourth-order valence-electron chi connectivity index (χ4n) is 4.37. The molecule has 0 saturated heterocycles. The molecule has 1 fully saturated rings. The van der Waals surface area contributed by atoms with Gasteiger partial charge in [0.2, 0.25) is 11.8 Å². The Kier molecular flexibility index (Phi) is 9.01. The van der Waals surface area contributed by atoms with E-state index in [0.29, 0.717) is 23.0 Å². The summed E-state index contributed by atoms with van der Waals surface area (Å²) in [5.74, 6) is -0.145. The minimum absolute atomic E-state index is 0.0717. The maximum atomic E-state index is 13.5. The van der Waals surface area contributed by atoms with Crippen LogP contribution in [0.1, 0.15) is 62.1 Å². The average Bonchev–Trinajstić information content (AvgIpc) is 2.78. The van der Waals surface area contributed by atoms with Crippen molar-refractivity contribution < 1.29 is 9.59 Å². The first kappa shape index (κ1) is 24.6. The van der Waals surface area contributed by atoms with E-state index >= 15 is 0 Å². The Balaban J connectivity index is 1.84. The second-order valence-electron chi connectivity index (χ2n) is 8.64. The van der Waals surface area contributed by atoms with Crippen LogP contribution in [-0.2, 0) is 22.6 Å². The number of rotatable bonds is 8. The summed E-state index contributed by atoms with van der Waals surface area (Å²) in [7, 11) is 0. The molecule has 0 unspecified atom stereocenters. The maximum Gasteiger partial charge on any atom is 0.243 e. The third-order valence-corrected chi connectivity index (χ3v) is 7.02. The second-order valence-corrected chi connectivity index (χ2v) is 9.46. The molecule has 2 aromatic rings. The highest BCUT2D eigenvalue weighted by molar-refractivity contribution is 6.42. The molecule has 2 aromatic carbocycles. The van der Waals surface area contributed by atoms with Gasteiger partial charge < -0.3 is 10.2 Å². The summed E-state index contributed by atoms with van der Waals surface area (Å²) < 4.78 is 0. The van der Waals surface area contributed by atoms with Gasteiger partial charge in [-0.05, 0) is 55.0 Å². The monoisotopic (exact) mass is 474 g/mol. The first-order valence-corrected chi connectivity index (χ1v) is 12.2. The van der Waals surface area contributed by atoms with Crippen LogP contribution in [0.3, 0.4) is 0 Å². The lowest BCUT2D eigenvalue weighted by Gasteiger charge is -2.33. The van der Waals surface area contributed by atoms with Crippen LogP contribution < -0.4 is 5.32 Å². The van der Waals surface area contributed by atoms with E-state index in [1.54, 1.807) is 17.0 Å². The Hall–Kier alpha value is -2.04. The SMILES string of the molecule is CC[C@H](C(=O)NC1CCCCC1)N(Cc1ccc(Cl)c(Cl)c1)C(=O)Cc1ccccc1C. The number of benzene rings is 2. The summed E-state index contributed by atoms with van der Waals surface area (Å²) in [6, 6.07) is 12.9. The molecule has 1 atom stereocenters. The second kappa shape index (κ2) is 11.7. The van der Waals surface area contributed by atoms with Crippen LogP contribution in [0, 0.1) is 6.92 Å². The molecule has 1 aliphatic carbocycles. The van der Waals surface area contributed by atoms with Crippen LogP contribution in [-0.4, -0.2) is 28.8 Å². The van der Waals surface area contributed by atoms with Crippen LogP contribution in [0.2, 0.25) is 10.0 Å². The van der Waals surface area contributed by atoms with E-state index in [4.69, 9.17) is 23.2 Å². The van der Waals surface area contributed by atoms with Crippen molar-refractivity contribution in [2.24, 2.45) is 0 Å². The fraction of sp³-hybridized carbons (Fsp3) is 0.462. The molecule has 1 N–H and O–H groups in total. The number of amides is 2. The van der Waals surface area contributed by atoms with Gasteiger partial charge in [-0.25, -0.2) is 0 Å². The number of aryl methyl sites for hydroxylation is 1. The Morgan fingerprint density at radius 2 is 1.78 bits per heavy atom. The lowest BCUT2D eigenvalue weighted by Crippen LogP contribution is -2.52. The summed E-state index contributed by atoms with van der Waals surface area (Å²) in [6.07, 6.45) is 6.31.